The number of nitrogens with zero attached hydrogens (tertiary/aromatic N) is 3. The lowest BCUT2D eigenvalue weighted by Crippen LogP contribution is -2.28. The molecule has 6 nitrogen and oxygen atoms in total. The third kappa shape index (κ3) is 4.74. The first-order valence-electron chi connectivity index (χ1n) is 7.80. The van der Waals surface area contributed by atoms with E-state index in [0.29, 0.717) is 22.3 Å². The smallest absolute Gasteiger partial charge is 0.258 e. The van der Waals surface area contributed by atoms with Crippen molar-refractivity contribution in [3.63, 3.8) is 0 Å². The first kappa shape index (κ1) is 18.2. The molecule has 1 aromatic carbocycles. The molecule has 0 saturated carbocycles. The van der Waals surface area contributed by atoms with Crippen LogP contribution >= 0.6 is 23.2 Å². The number of aromatic nitrogens is 3. The van der Waals surface area contributed by atoms with E-state index in [2.05, 4.69) is 15.4 Å². The number of benzene rings is 1. The topological polar surface area (TPSA) is 69.0 Å². The quantitative estimate of drug-likeness (QED) is 0.699. The maximum Gasteiger partial charge on any atom is 0.258 e. The van der Waals surface area contributed by atoms with Crippen molar-refractivity contribution in [1.29, 1.82) is 0 Å². The number of carbonyl (C=O) groups is 1. The second kappa shape index (κ2) is 8.21. The summed E-state index contributed by atoms with van der Waals surface area (Å²) >= 11 is 11.8. The van der Waals surface area contributed by atoms with Crippen LogP contribution in [0, 0.1) is 0 Å². The van der Waals surface area contributed by atoms with Crippen molar-refractivity contribution < 1.29 is 9.53 Å². The molecule has 2 aromatic heterocycles. The number of carbonyl (C=O) groups excluding carboxylic acids is 1. The number of hydrogen-bond donors (Lipinski definition) is 1. The number of amides is 1. The molecule has 3 rings (SSSR count). The number of rotatable bonds is 6. The van der Waals surface area contributed by atoms with Gasteiger partial charge in [-0.2, -0.15) is 5.10 Å². The average Bonchev–Trinajstić information content (AvgIpc) is 3.06. The molecule has 0 radical (unpaired) electrons. The van der Waals surface area contributed by atoms with Crippen molar-refractivity contribution >= 4 is 29.1 Å². The van der Waals surface area contributed by atoms with Crippen LogP contribution in [0.4, 0.5) is 0 Å². The minimum atomic E-state index is -0.254. The molecule has 0 bridgehead atoms. The van der Waals surface area contributed by atoms with Crippen LogP contribution in [0.3, 0.4) is 0 Å². The Hall–Kier alpha value is -2.57. The molecule has 1 N–H and O–H groups in total. The van der Waals surface area contributed by atoms with Crippen molar-refractivity contribution in [1.82, 2.24) is 20.1 Å². The first-order valence-corrected chi connectivity index (χ1v) is 8.55. The van der Waals surface area contributed by atoms with Gasteiger partial charge in [-0.05, 0) is 35.9 Å². The highest BCUT2D eigenvalue weighted by atomic mass is 35.5. The number of aryl methyl sites for hydroxylation is 1. The molecule has 0 aliphatic carbocycles. The van der Waals surface area contributed by atoms with Gasteiger partial charge in [-0.1, -0.05) is 23.2 Å². The van der Waals surface area contributed by atoms with Gasteiger partial charge in [0.15, 0.2) is 6.61 Å². The summed E-state index contributed by atoms with van der Waals surface area (Å²) in [5, 5.41) is 7.81. The van der Waals surface area contributed by atoms with Crippen LogP contribution in [-0.4, -0.2) is 27.3 Å². The molecule has 0 fully saturated rings. The Morgan fingerprint density at radius 2 is 2.12 bits per heavy atom. The van der Waals surface area contributed by atoms with E-state index in [1.165, 1.54) is 0 Å². The molecule has 26 heavy (non-hydrogen) atoms. The highest BCUT2D eigenvalue weighted by Crippen LogP contribution is 2.27. The van der Waals surface area contributed by atoms with Gasteiger partial charge in [0, 0.05) is 36.6 Å². The predicted molar refractivity (Wildman–Crippen MR) is 100 cm³/mol. The minimum Gasteiger partial charge on any atom is -0.482 e. The van der Waals surface area contributed by atoms with Gasteiger partial charge in [0.25, 0.3) is 5.91 Å². The normalized spacial score (nSPS) is 10.6. The molecule has 0 unspecified atom stereocenters. The monoisotopic (exact) mass is 390 g/mol. The summed E-state index contributed by atoms with van der Waals surface area (Å²) in [5.74, 6) is 0.157. The Morgan fingerprint density at radius 1 is 1.27 bits per heavy atom. The standard InChI is InChI=1S/C18H16Cl2N4O2/c1-24-10-13(9-23-24)16-6-12(4-5-21-16)8-22-18(25)11-26-17-3-2-14(19)7-15(17)20/h2-7,9-10H,8,11H2,1H3,(H,22,25). The lowest BCUT2D eigenvalue weighted by Gasteiger charge is -2.09. The zero-order valence-electron chi connectivity index (χ0n) is 13.9. The Morgan fingerprint density at radius 3 is 2.85 bits per heavy atom. The fraction of sp³-hybridized carbons (Fsp3) is 0.167. The molecular formula is C18H16Cl2N4O2. The first-order chi connectivity index (χ1) is 12.5. The molecule has 3 aromatic rings. The summed E-state index contributed by atoms with van der Waals surface area (Å²) in [6.07, 6.45) is 5.33. The molecule has 1 amide bonds. The molecule has 134 valence electrons. The third-order valence-corrected chi connectivity index (χ3v) is 4.10. The van der Waals surface area contributed by atoms with Crippen LogP contribution in [0.5, 0.6) is 5.75 Å². The number of halogens is 2. The number of nitrogens with one attached hydrogen (secondary N) is 1. The summed E-state index contributed by atoms with van der Waals surface area (Å²) in [7, 11) is 1.85. The molecule has 8 heteroatoms. The van der Waals surface area contributed by atoms with Crippen LogP contribution in [0.2, 0.25) is 10.0 Å². The van der Waals surface area contributed by atoms with E-state index in [1.54, 1.807) is 35.3 Å². The van der Waals surface area contributed by atoms with Crippen LogP contribution in [0.25, 0.3) is 11.3 Å². The summed E-state index contributed by atoms with van der Waals surface area (Å²) in [6.45, 7) is 0.230. The van der Waals surface area contributed by atoms with Gasteiger partial charge in [-0.25, -0.2) is 0 Å². The highest BCUT2D eigenvalue weighted by molar-refractivity contribution is 6.35. The lowest BCUT2D eigenvalue weighted by atomic mass is 10.1. The molecule has 0 saturated heterocycles. The predicted octanol–water partition coefficient (Wildman–Crippen LogP) is 3.48. The maximum atomic E-state index is 12.0. The third-order valence-electron chi connectivity index (χ3n) is 3.57. The fourth-order valence-corrected chi connectivity index (χ4v) is 2.75. The van der Waals surface area contributed by atoms with Crippen LogP contribution in [-0.2, 0) is 18.4 Å². The number of ether oxygens (including phenoxy) is 1. The highest BCUT2D eigenvalue weighted by Gasteiger charge is 2.08. The van der Waals surface area contributed by atoms with Crippen molar-refractivity contribution in [3.05, 3.63) is 64.5 Å². The van der Waals surface area contributed by atoms with Gasteiger partial charge in [-0.15, -0.1) is 0 Å². The second-order valence-electron chi connectivity index (χ2n) is 5.59. The molecule has 0 spiro atoms. The summed E-state index contributed by atoms with van der Waals surface area (Å²) in [5.41, 5.74) is 2.65. The Bertz CT molecular complexity index is 927. The average molecular weight is 391 g/mol. The number of hydrogen-bond acceptors (Lipinski definition) is 4. The van der Waals surface area contributed by atoms with E-state index < -0.39 is 0 Å². The van der Waals surface area contributed by atoms with Crippen LogP contribution < -0.4 is 10.1 Å². The zero-order valence-corrected chi connectivity index (χ0v) is 15.5. The van der Waals surface area contributed by atoms with Gasteiger partial charge in [0.2, 0.25) is 0 Å². The van der Waals surface area contributed by atoms with Crippen LogP contribution in [0.1, 0.15) is 5.56 Å². The van der Waals surface area contributed by atoms with Crippen molar-refractivity contribution in [2.75, 3.05) is 6.61 Å². The zero-order chi connectivity index (χ0) is 18.5. The molecular weight excluding hydrogens is 375 g/mol. The lowest BCUT2D eigenvalue weighted by molar-refractivity contribution is -0.123. The van der Waals surface area contributed by atoms with E-state index in [1.807, 2.05) is 25.4 Å². The molecule has 0 aliphatic heterocycles. The van der Waals surface area contributed by atoms with E-state index >= 15 is 0 Å². The van der Waals surface area contributed by atoms with E-state index in [4.69, 9.17) is 27.9 Å². The van der Waals surface area contributed by atoms with Gasteiger partial charge in [0.05, 0.1) is 16.9 Å². The molecule has 0 aliphatic rings. The Kier molecular flexibility index (Phi) is 5.75. The summed E-state index contributed by atoms with van der Waals surface area (Å²) in [6, 6.07) is 8.59. The van der Waals surface area contributed by atoms with Crippen molar-refractivity contribution in [2.45, 2.75) is 6.54 Å². The number of pyridine rings is 1. The van der Waals surface area contributed by atoms with E-state index in [9.17, 15) is 4.79 Å². The van der Waals surface area contributed by atoms with Gasteiger partial charge in [0.1, 0.15) is 5.75 Å². The molecule has 2 heterocycles. The SMILES string of the molecule is Cn1cc(-c2cc(CNC(=O)COc3ccc(Cl)cc3Cl)ccn2)cn1. The largest absolute Gasteiger partial charge is 0.482 e. The van der Waals surface area contributed by atoms with Gasteiger partial charge >= 0.3 is 0 Å². The minimum absolute atomic E-state index is 0.137. The second-order valence-corrected chi connectivity index (χ2v) is 6.44. The van der Waals surface area contributed by atoms with Crippen LogP contribution in [0.15, 0.2) is 48.9 Å². The van der Waals surface area contributed by atoms with Crippen molar-refractivity contribution in [2.24, 2.45) is 7.05 Å². The van der Waals surface area contributed by atoms with Gasteiger partial charge in [-0.3, -0.25) is 14.5 Å². The Balaban J connectivity index is 1.54. The Labute approximate surface area is 160 Å². The van der Waals surface area contributed by atoms with E-state index in [0.717, 1.165) is 16.8 Å². The van der Waals surface area contributed by atoms with Gasteiger partial charge < -0.3 is 10.1 Å². The summed E-state index contributed by atoms with van der Waals surface area (Å²) in [4.78, 5) is 16.3. The van der Waals surface area contributed by atoms with E-state index in [-0.39, 0.29) is 12.5 Å². The summed E-state index contributed by atoms with van der Waals surface area (Å²) < 4.78 is 7.12. The van der Waals surface area contributed by atoms with Crippen molar-refractivity contribution in [3.8, 4) is 17.0 Å². The maximum absolute atomic E-state index is 12.0. The molecule has 0 atom stereocenters. The fourth-order valence-electron chi connectivity index (χ4n) is 2.28.